The Kier molecular flexibility index (Phi) is 4.12. The lowest BCUT2D eigenvalue weighted by molar-refractivity contribution is 0.112. The second kappa shape index (κ2) is 5.60. The van der Waals surface area contributed by atoms with Gasteiger partial charge < -0.3 is 9.64 Å². The van der Waals surface area contributed by atoms with Crippen LogP contribution in [0, 0.1) is 0 Å². The van der Waals surface area contributed by atoms with Gasteiger partial charge in [-0.05, 0) is 19.3 Å². The number of hydrogen-bond donors (Lipinski definition) is 0. The molecule has 1 atom stereocenters. The molecule has 0 aliphatic carbocycles. The highest BCUT2D eigenvalue weighted by molar-refractivity contribution is 7.17. The molecule has 17 heavy (non-hydrogen) atoms. The van der Waals surface area contributed by atoms with Crippen LogP contribution in [0.25, 0.3) is 0 Å². The summed E-state index contributed by atoms with van der Waals surface area (Å²) in [7, 11) is 2.01. The minimum absolute atomic E-state index is 0.314. The predicted molar refractivity (Wildman–Crippen MR) is 69.1 cm³/mol. The van der Waals surface area contributed by atoms with Crippen LogP contribution in [0.1, 0.15) is 35.1 Å². The van der Waals surface area contributed by atoms with Gasteiger partial charge in [-0.2, -0.15) is 0 Å². The number of nitrogens with zero attached hydrogens (tertiary/aromatic N) is 2. The summed E-state index contributed by atoms with van der Waals surface area (Å²) in [5.74, 6) is 0. The third-order valence-corrected chi connectivity index (χ3v) is 4.12. The lowest BCUT2D eigenvalue weighted by atomic mass is 10.2. The number of aldehydes is 1. The molecule has 5 heteroatoms. The van der Waals surface area contributed by atoms with Crippen molar-refractivity contribution in [2.45, 2.75) is 32.3 Å². The van der Waals surface area contributed by atoms with E-state index in [9.17, 15) is 4.79 Å². The molecule has 4 nitrogen and oxygen atoms in total. The first-order valence-corrected chi connectivity index (χ1v) is 6.83. The number of carbonyl (C=O) groups excluding carboxylic acids is 1. The highest BCUT2D eigenvalue weighted by Gasteiger charge is 2.20. The van der Waals surface area contributed by atoms with Gasteiger partial charge in [-0.1, -0.05) is 18.3 Å². The van der Waals surface area contributed by atoms with E-state index in [0.717, 1.165) is 54.4 Å². The van der Waals surface area contributed by atoms with Gasteiger partial charge >= 0.3 is 0 Å². The zero-order chi connectivity index (χ0) is 12.3. The molecule has 2 heterocycles. The maximum Gasteiger partial charge on any atom is 0.186 e. The molecular weight excluding hydrogens is 236 g/mol. The maximum absolute atomic E-state index is 10.9. The summed E-state index contributed by atoms with van der Waals surface area (Å²) < 4.78 is 5.60. The first-order valence-electron chi connectivity index (χ1n) is 6.02. The number of anilines is 1. The Hall–Kier alpha value is -0.940. The molecule has 1 aromatic rings. The summed E-state index contributed by atoms with van der Waals surface area (Å²) in [6.07, 6.45) is 4.29. The van der Waals surface area contributed by atoms with Crippen molar-refractivity contribution < 1.29 is 9.53 Å². The minimum atomic E-state index is 0.314. The smallest absolute Gasteiger partial charge is 0.186 e. The van der Waals surface area contributed by atoms with Gasteiger partial charge in [0.2, 0.25) is 0 Å². The first kappa shape index (κ1) is 12.5. The van der Waals surface area contributed by atoms with E-state index < -0.39 is 0 Å². The first-order chi connectivity index (χ1) is 8.24. The zero-order valence-electron chi connectivity index (χ0n) is 10.3. The summed E-state index contributed by atoms with van der Waals surface area (Å²) in [6, 6.07) is 0. The fraction of sp³-hybridized carbons (Fsp3) is 0.667. The number of carbonyl (C=O) groups is 1. The number of likely N-dealkylation sites (N-methyl/N-ethyl adjacent to an activating group) is 1. The minimum Gasteiger partial charge on any atom is -0.376 e. The molecule has 0 amide bonds. The van der Waals surface area contributed by atoms with Crippen molar-refractivity contribution >= 4 is 22.8 Å². The largest absolute Gasteiger partial charge is 0.376 e. The van der Waals surface area contributed by atoms with Crippen molar-refractivity contribution in [3.05, 3.63) is 10.6 Å². The molecule has 0 N–H and O–H groups in total. The number of hydrogen-bond acceptors (Lipinski definition) is 5. The molecule has 1 aliphatic heterocycles. The van der Waals surface area contributed by atoms with E-state index in [1.807, 2.05) is 14.0 Å². The molecular formula is C12H18N2O2S. The van der Waals surface area contributed by atoms with Gasteiger partial charge in [0.05, 0.1) is 16.7 Å². The fourth-order valence-corrected chi connectivity index (χ4v) is 2.97. The van der Waals surface area contributed by atoms with Gasteiger partial charge in [-0.3, -0.25) is 4.79 Å². The molecule has 0 aromatic carbocycles. The van der Waals surface area contributed by atoms with E-state index in [1.165, 1.54) is 11.3 Å². The van der Waals surface area contributed by atoms with Crippen LogP contribution in [0.3, 0.4) is 0 Å². The van der Waals surface area contributed by atoms with E-state index >= 15 is 0 Å². The second-order valence-corrected chi connectivity index (χ2v) is 5.30. The standard InChI is InChI=1S/C12H18N2O2S/c1-3-10-11(8-15)17-12(13-10)14(2)7-9-5-4-6-16-9/h8-9H,3-7H2,1-2H3. The van der Waals surface area contributed by atoms with Gasteiger partial charge in [0.25, 0.3) is 0 Å². The lowest BCUT2D eigenvalue weighted by Crippen LogP contribution is -2.28. The molecule has 1 aliphatic rings. The monoisotopic (exact) mass is 254 g/mol. The van der Waals surface area contributed by atoms with Crippen molar-refractivity contribution in [1.82, 2.24) is 4.98 Å². The second-order valence-electron chi connectivity index (χ2n) is 4.29. The summed E-state index contributed by atoms with van der Waals surface area (Å²) in [5, 5.41) is 0.916. The molecule has 1 aromatic heterocycles. The highest BCUT2D eigenvalue weighted by Crippen LogP contribution is 2.26. The quantitative estimate of drug-likeness (QED) is 0.755. The van der Waals surface area contributed by atoms with Gasteiger partial charge in [-0.15, -0.1) is 0 Å². The average molecular weight is 254 g/mol. The Morgan fingerprint density at radius 3 is 3.00 bits per heavy atom. The van der Waals surface area contributed by atoms with Crippen LogP contribution in [0.5, 0.6) is 0 Å². The molecule has 0 saturated carbocycles. The highest BCUT2D eigenvalue weighted by atomic mass is 32.1. The maximum atomic E-state index is 10.9. The number of ether oxygens (including phenoxy) is 1. The van der Waals surface area contributed by atoms with E-state index in [4.69, 9.17) is 4.74 Å². The summed E-state index contributed by atoms with van der Waals surface area (Å²) >= 11 is 1.47. The molecule has 0 spiro atoms. The lowest BCUT2D eigenvalue weighted by Gasteiger charge is -2.19. The third kappa shape index (κ3) is 2.84. The third-order valence-electron chi connectivity index (χ3n) is 2.99. The number of thiazole rings is 1. The van der Waals surface area contributed by atoms with E-state index in [2.05, 4.69) is 9.88 Å². The Balaban J connectivity index is 2.04. The summed E-state index contributed by atoms with van der Waals surface area (Å²) in [4.78, 5) is 18.2. The summed E-state index contributed by atoms with van der Waals surface area (Å²) in [6.45, 7) is 3.75. The van der Waals surface area contributed by atoms with Crippen LogP contribution < -0.4 is 4.90 Å². The molecule has 1 saturated heterocycles. The number of aromatic nitrogens is 1. The summed E-state index contributed by atoms with van der Waals surface area (Å²) in [5.41, 5.74) is 0.902. The van der Waals surface area contributed by atoms with Gasteiger partial charge in [0.15, 0.2) is 11.4 Å². The SMILES string of the molecule is CCc1nc(N(C)CC2CCCO2)sc1C=O. The molecule has 0 radical (unpaired) electrons. The van der Waals surface area contributed by atoms with Gasteiger partial charge in [0.1, 0.15) is 0 Å². The van der Waals surface area contributed by atoms with E-state index in [0.29, 0.717) is 6.10 Å². The number of rotatable bonds is 5. The Morgan fingerprint density at radius 1 is 1.65 bits per heavy atom. The zero-order valence-corrected chi connectivity index (χ0v) is 11.1. The van der Waals surface area contributed by atoms with Crippen molar-refractivity contribution in [1.29, 1.82) is 0 Å². The Bertz CT molecular complexity index is 386. The molecule has 1 unspecified atom stereocenters. The van der Waals surface area contributed by atoms with Crippen LogP contribution in [0.2, 0.25) is 0 Å². The molecule has 94 valence electrons. The van der Waals surface area contributed by atoms with Crippen LogP contribution in [0.15, 0.2) is 0 Å². The fourth-order valence-electron chi connectivity index (χ4n) is 2.03. The molecule has 0 bridgehead atoms. The average Bonchev–Trinajstić information content (AvgIpc) is 2.96. The van der Waals surface area contributed by atoms with Crippen LogP contribution in [-0.4, -0.2) is 37.6 Å². The topological polar surface area (TPSA) is 42.4 Å². The Labute approximate surface area is 106 Å². The van der Waals surface area contributed by atoms with Crippen LogP contribution in [-0.2, 0) is 11.2 Å². The molecule has 1 fully saturated rings. The van der Waals surface area contributed by atoms with Crippen molar-refractivity contribution in [2.75, 3.05) is 25.1 Å². The normalized spacial score (nSPS) is 19.5. The van der Waals surface area contributed by atoms with Gasteiger partial charge in [0, 0.05) is 20.2 Å². The van der Waals surface area contributed by atoms with Crippen molar-refractivity contribution in [2.24, 2.45) is 0 Å². The van der Waals surface area contributed by atoms with Crippen LogP contribution >= 0.6 is 11.3 Å². The van der Waals surface area contributed by atoms with Crippen LogP contribution in [0.4, 0.5) is 5.13 Å². The Morgan fingerprint density at radius 2 is 2.47 bits per heavy atom. The molecule has 2 rings (SSSR count). The predicted octanol–water partition coefficient (Wildman–Crippen LogP) is 2.13. The number of aryl methyl sites for hydroxylation is 1. The van der Waals surface area contributed by atoms with Crippen molar-refractivity contribution in [3.8, 4) is 0 Å². The van der Waals surface area contributed by atoms with Crippen molar-refractivity contribution in [3.63, 3.8) is 0 Å². The van der Waals surface area contributed by atoms with E-state index in [1.54, 1.807) is 0 Å². The van der Waals surface area contributed by atoms with Gasteiger partial charge in [-0.25, -0.2) is 4.98 Å². The van der Waals surface area contributed by atoms with E-state index in [-0.39, 0.29) is 0 Å².